The lowest BCUT2D eigenvalue weighted by Crippen LogP contribution is -2.42. The third-order valence-corrected chi connectivity index (χ3v) is 7.45. The van der Waals surface area contributed by atoms with Crippen LogP contribution in [0.1, 0.15) is 30.0 Å². The third kappa shape index (κ3) is 4.64. The van der Waals surface area contributed by atoms with E-state index >= 15 is 0 Å². The highest BCUT2D eigenvalue weighted by Gasteiger charge is 2.42. The number of carbonyl (C=O) groups excluding carboxylic acids is 2. The standard InChI is InChI=1S/C28H26N4O2S/c1-3-24(26(33)30-21-15-9-7-11-18(21)2)35-28-31-22-16-10-8-14-20(22)25-29-23(27(34)32(25)28)17-19-12-5-4-6-13-19/h4-16,23-24H,3,17H2,1-2H3,(H,30,33)/t23-,24+/m1/s1. The summed E-state index contributed by atoms with van der Waals surface area (Å²) in [5.74, 6) is 0.385. The SMILES string of the molecule is CC[C@H](SC1=Nc2ccccc2C2=N[C@H](Cc3ccccc3)C(=O)N12)C(=O)Nc1ccccc1C. The van der Waals surface area contributed by atoms with E-state index in [4.69, 9.17) is 9.98 Å². The number of nitrogens with zero attached hydrogens (tertiary/aromatic N) is 3. The lowest BCUT2D eigenvalue weighted by atomic mass is 10.1. The van der Waals surface area contributed by atoms with Gasteiger partial charge in [-0.1, -0.05) is 79.3 Å². The highest BCUT2D eigenvalue weighted by molar-refractivity contribution is 8.15. The number of benzene rings is 3. The molecule has 0 bridgehead atoms. The van der Waals surface area contributed by atoms with Crippen molar-refractivity contribution in [2.45, 2.75) is 38.0 Å². The van der Waals surface area contributed by atoms with Crippen LogP contribution >= 0.6 is 11.8 Å². The predicted octanol–water partition coefficient (Wildman–Crippen LogP) is 5.35. The number of para-hydroxylation sites is 2. The average molecular weight is 483 g/mol. The Labute approximate surface area is 209 Å². The van der Waals surface area contributed by atoms with Crippen molar-refractivity contribution in [1.82, 2.24) is 4.90 Å². The van der Waals surface area contributed by atoms with Gasteiger partial charge in [-0.15, -0.1) is 0 Å². The number of aryl methyl sites for hydroxylation is 1. The smallest absolute Gasteiger partial charge is 0.259 e. The number of fused-ring (bicyclic) bond motifs is 3. The highest BCUT2D eigenvalue weighted by Crippen LogP contribution is 2.36. The number of amidine groups is 2. The molecule has 0 saturated carbocycles. The van der Waals surface area contributed by atoms with Gasteiger partial charge in [0.15, 0.2) is 5.17 Å². The van der Waals surface area contributed by atoms with Crippen LogP contribution in [0.15, 0.2) is 88.8 Å². The van der Waals surface area contributed by atoms with Crippen molar-refractivity contribution in [3.63, 3.8) is 0 Å². The van der Waals surface area contributed by atoms with Crippen molar-refractivity contribution >= 4 is 46.0 Å². The predicted molar refractivity (Wildman–Crippen MR) is 142 cm³/mol. The molecule has 2 atom stereocenters. The Balaban J connectivity index is 1.43. The van der Waals surface area contributed by atoms with Crippen LogP contribution in [0.2, 0.25) is 0 Å². The van der Waals surface area contributed by atoms with Crippen LogP contribution in [-0.4, -0.2) is 39.0 Å². The minimum atomic E-state index is -0.523. The van der Waals surface area contributed by atoms with Crippen LogP contribution in [0.25, 0.3) is 0 Å². The maximum Gasteiger partial charge on any atom is 0.259 e. The first kappa shape index (κ1) is 23.1. The van der Waals surface area contributed by atoms with Gasteiger partial charge >= 0.3 is 0 Å². The summed E-state index contributed by atoms with van der Waals surface area (Å²) in [6, 6.07) is 24.8. The molecule has 7 heteroatoms. The van der Waals surface area contributed by atoms with Crippen LogP contribution < -0.4 is 5.32 Å². The Morgan fingerprint density at radius 1 is 1.03 bits per heavy atom. The number of thioether (sulfide) groups is 1. The molecular formula is C28H26N4O2S. The van der Waals surface area contributed by atoms with Gasteiger partial charge in [0.05, 0.1) is 10.9 Å². The molecule has 176 valence electrons. The fourth-order valence-corrected chi connectivity index (χ4v) is 5.25. The number of aliphatic imine (C=N–C) groups is 2. The van der Waals surface area contributed by atoms with Gasteiger partial charge in [-0.25, -0.2) is 9.89 Å². The number of carbonyl (C=O) groups is 2. The van der Waals surface area contributed by atoms with Crippen LogP contribution in [0.3, 0.4) is 0 Å². The number of rotatable bonds is 6. The number of nitrogens with one attached hydrogen (secondary N) is 1. The van der Waals surface area contributed by atoms with Crippen molar-refractivity contribution in [1.29, 1.82) is 0 Å². The average Bonchev–Trinajstić information content (AvgIpc) is 3.20. The zero-order valence-corrected chi connectivity index (χ0v) is 20.5. The third-order valence-electron chi connectivity index (χ3n) is 6.13. The van der Waals surface area contributed by atoms with Crippen LogP contribution in [0, 0.1) is 6.92 Å². The lowest BCUT2D eigenvalue weighted by Gasteiger charge is -2.27. The van der Waals surface area contributed by atoms with Crippen LogP contribution in [-0.2, 0) is 16.0 Å². The normalized spacial score (nSPS) is 17.3. The Kier molecular flexibility index (Phi) is 6.51. The molecule has 6 nitrogen and oxygen atoms in total. The molecule has 0 fully saturated rings. The van der Waals surface area contributed by atoms with Crippen molar-refractivity contribution < 1.29 is 9.59 Å². The van der Waals surface area contributed by atoms with E-state index in [1.165, 1.54) is 11.8 Å². The molecule has 1 N–H and O–H groups in total. The van der Waals surface area contributed by atoms with Gasteiger partial charge in [0.25, 0.3) is 5.91 Å². The van der Waals surface area contributed by atoms with E-state index in [-0.39, 0.29) is 11.8 Å². The number of hydrogen-bond acceptors (Lipinski definition) is 5. The second-order valence-electron chi connectivity index (χ2n) is 8.56. The highest BCUT2D eigenvalue weighted by atomic mass is 32.2. The molecule has 3 aromatic carbocycles. The van der Waals surface area contributed by atoms with Gasteiger partial charge in [-0.3, -0.25) is 14.6 Å². The first-order chi connectivity index (χ1) is 17.0. The van der Waals surface area contributed by atoms with Gasteiger partial charge in [0.2, 0.25) is 5.91 Å². The summed E-state index contributed by atoms with van der Waals surface area (Å²) >= 11 is 1.31. The molecule has 0 saturated heterocycles. The first-order valence-electron chi connectivity index (χ1n) is 11.7. The maximum atomic E-state index is 13.6. The molecule has 2 heterocycles. The molecule has 2 aliphatic rings. The van der Waals surface area contributed by atoms with Crippen molar-refractivity contribution in [3.05, 3.63) is 95.6 Å². The fraction of sp³-hybridized carbons (Fsp3) is 0.214. The quantitative estimate of drug-likeness (QED) is 0.515. The molecular weight excluding hydrogens is 456 g/mol. The molecule has 2 aliphatic heterocycles. The van der Waals surface area contributed by atoms with Gasteiger partial charge in [0, 0.05) is 17.7 Å². The van der Waals surface area contributed by atoms with E-state index in [0.29, 0.717) is 23.8 Å². The van der Waals surface area contributed by atoms with E-state index in [9.17, 15) is 9.59 Å². The molecule has 0 unspecified atom stereocenters. The van der Waals surface area contributed by atoms with Crippen LogP contribution in [0.4, 0.5) is 11.4 Å². The van der Waals surface area contributed by atoms with E-state index < -0.39 is 11.3 Å². The summed E-state index contributed by atoms with van der Waals surface area (Å²) < 4.78 is 0. The largest absolute Gasteiger partial charge is 0.325 e. The van der Waals surface area contributed by atoms with E-state index in [2.05, 4.69) is 5.32 Å². The second-order valence-corrected chi connectivity index (χ2v) is 9.73. The summed E-state index contributed by atoms with van der Waals surface area (Å²) in [7, 11) is 0. The van der Waals surface area contributed by atoms with Crippen molar-refractivity contribution in [2.24, 2.45) is 9.98 Å². The molecule has 0 radical (unpaired) electrons. The number of amides is 2. The Morgan fingerprint density at radius 3 is 2.51 bits per heavy atom. The van der Waals surface area contributed by atoms with Gasteiger partial charge in [0.1, 0.15) is 11.9 Å². The second kappa shape index (κ2) is 9.88. The summed E-state index contributed by atoms with van der Waals surface area (Å²) in [6.07, 6.45) is 1.11. The molecule has 0 aromatic heterocycles. The minimum Gasteiger partial charge on any atom is -0.325 e. The molecule has 35 heavy (non-hydrogen) atoms. The maximum absolute atomic E-state index is 13.6. The first-order valence-corrected chi connectivity index (χ1v) is 12.6. The van der Waals surface area contributed by atoms with E-state index in [0.717, 1.165) is 28.1 Å². The van der Waals surface area contributed by atoms with Crippen molar-refractivity contribution in [2.75, 3.05) is 5.32 Å². The molecule has 3 aromatic rings. The lowest BCUT2D eigenvalue weighted by molar-refractivity contribution is -0.124. The van der Waals surface area contributed by atoms with E-state index in [1.807, 2.05) is 92.7 Å². The summed E-state index contributed by atoms with van der Waals surface area (Å²) in [6.45, 7) is 3.93. The Morgan fingerprint density at radius 2 is 1.74 bits per heavy atom. The van der Waals surface area contributed by atoms with Crippen LogP contribution in [0.5, 0.6) is 0 Å². The Hall–Kier alpha value is -3.71. The minimum absolute atomic E-state index is 0.112. The number of hydrogen-bond donors (Lipinski definition) is 1. The zero-order chi connectivity index (χ0) is 24.4. The molecule has 5 rings (SSSR count). The summed E-state index contributed by atoms with van der Waals surface area (Å²) in [4.78, 5) is 38.0. The molecule has 2 amide bonds. The summed E-state index contributed by atoms with van der Waals surface area (Å²) in [5.41, 5.74) is 4.43. The zero-order valence-electron chi connectivity index (χ0n) is 19.6. The topological polar surface area (TPSA) is 74.1 Å². The van der Waals surface area contributed by atoms with Gasteiger partial charge in [-0.2, -0.15) is 0 Å². The van der Waals surface area contributed by atoms with Gasteiger partial charge < -0.3 is 5.32 Å². The van der Waals surface area contributed by atoms with Gasteiger partial charge in [-0.05, 0) is 42.7 Å². The van der Waals surface area contributed by atoms with E-state index in [1.54, 1.807) is 4.90 Å². The molecule has 0 spiro atoms. The fourth-order valence-electron chi connectivity index (χ4n) is 4.23. The number of anilines is 1. The monoisotopic (exact) mass is 482 g/mol. The molecule has 0 aliphatic carbocycles. The van der Waals surface area contributed by atoms with Crippen molar-refractivity contribution in [3.8, 4) is 0 Å². The summed E-state index contributed by atoms with van der Waals surface area (Å²) in [5, 5.41) is 3.11. The Bertz CT molecular complexity index is 1340.